The summed E-state index contributed by atoms with van der Waals surface area (Å²) in [4.78, 5) is 11.7. The van der Waals surface area contributed by atoms with E-state index in [1.165, 1.54) is 5.56 Å². The molecule has 1 aromatic carbocycles. The van der Waals surface area contributed by atoms with Crippen LogP contribution in [0.5, 0.6) is 0 Å². The molecule has 3 nitrogen and oxygen atoms in total. The predicted molar refractivity (Wildman–Crippen MR) is 64.6 cm³/mol. The first kappa shape index (κ1) is 12.1. The molecule has 1 heterocycles. The lowest BCUT2D eigenvalue weighted by atomic mass is 10.1. The Hall–Kier alpha value is -1.35. The Morgan fingerprint density at radius 3 is 2.35 bits per heavy atom. The van der Waals surface area contributed by atoms with Gasteiger partial charge in [0.1, 0.15) is 11.7 Å². The smallest absolute Gasteiger partial charge is 0.338 e. The van der Waals surface area contributed by atoms with Crippen molar-refractivity contribution in [3.05, 3.63) is 35.4 Å². The van der Waals surface area contributed by atoms with Crippen LogP contribution in [0.4, 0.5) is 0 Å². The van der Waals surface area contributed by atoms with E-state index in [4.69, 9.17) is 9.47 Å². The maximum Gasteiger partial charge on any atom is 0.338 e. The summed E-state index contributed by atoms with van der Waals surface area (Å²) in [6, 6.07) is 8.01. The van der Waals surface area contributed by atoms with Gasteiger partial charge >= 0.3 is 5.97 Å². The second kappa shape index (κ2) is 4.15. The lowest BCUT2D eigenvalue weighted by molar-refractivity contribution is -0.156. The zero-order chi connectivity index (χ0) is 12.6. The van der Waals surface area contributed by atoms with Crippen molar-refractivity contribution in [2.75, 3.05) is 0 Å². The zero-order valence-corrected chi connectivity index (χ0v) is 10.7. The van der Waals surface area contributed by atoms with E-state index in [-0.39, 0.29) is 12.1 Å². The summed E-state index contributed by atoms with van der Waals surface area (Å²) in [5, 5.41) is 0. The molecule has 0 radical (unpaired) electrons. The molecule has 92 valence electrons. The molecule has 2 atom stereocenters. The van der Waals surface area contributed by atoms with Crippen LogP contribution in [0.15, 0.2) is 24.3 Å². The summed E-state index contributed by atoms with van der Waals surface area (Å²) in [5.74, 6) is -0.275. The van der Waals surface area contributed by atoms with Gasteiger partial charge < -0.3 is 9.47 Å². The number of epoxide rings is 1. The van der Waals surface area contributed by atoms with Gasteiger partial charge in [-0.2, -0.15) is 0 Å². The third-order valence-corrected chi connectivity index (χ3v) is 2.54. The van der Waals surface area contributed by atoms with Gasteiger partial charge in [0.15, 0.2) is 6.10 Å². The molecule has 2 rings (SSSR count). The molecular weight excluding hydrogens is 216 g/mol. The number of benzene rings is 1. The van der Waals surface area contributed by atoms with Crippen molar-refractivity contribution in [2.45, 2.75) is 45.5 Å². The third-order valence-electron chi connectivity index (χ3n) is 2.54. The van der Waals surface area contributed by atoms with Crippen molar-refractivity contribution in [3.63, 3.8) is 0 Å². The van der Waals surface area contributed by atoms with Crippen LogP contribution in [-0.4, -0.2) is 17.7 Å². The van der Waals surface area contributed by atoms with Gasteiger partial charge in [-0.25, -0.2) is 4.79 Å². The number of aryl methyl sites for hydroxylation is 1. The minimum absolute atomic E-state index is 0.134. The summed E-state index contributed by atoms with van der Waals surface area (Å²) < 4.78 is 10.6. The molecule has 17 heavy (non-hydrogen) atoms. The summed E-state index contributed by atoms with van der Waals surface area (Å²) in [6.07, 6.45) is -0.567. The molecular formula is C14H18O3. The Balaban J connectivity index is 1.96. The molecule has 0 spiro atoms. The van der Waals surface area contributed by atoms with Crippen molar-refractivity contribution >= 4 is 5.97 Å². The Morgan fingerprint density at radius 1 is 1.24 bits per heavy atom. The molecule has 3 heteroatoms. The number of carbonyl (C=O) groups excluding carboxylic acids is 1. The SMILES string of the molecule is Cc1ccc([C@H]2O[C@H]2C(=O)OC(C)(C)C)cc1. The molecule has 0 saturated carbocycles. The lowest BCUT2D eigenvalue weighted by Crippen LogP contribution is -2.26. The monoisotopic (exact) mass is 234 g/mol. The van der Waals surface area contributed by atoms with E-state index >= 15 is 0 Å². The second-order valence-electron chi connectivity index (χ2n) is 5.42. The van der Waals surface area contributed by atoms with Crippen LogP contribution in [0.2, 0.25) is 0 Å². The standard InChI is InChI=1S/C14H18O3/c1-9-5-7-10(8-6-9)11-12(16-11)13(15)17-14(2,3)4/h5-8,11-12H,1-4H3/t11-,12-/m1/s1. The fraction of sp³-hybridized carbons (Fsp3) is 0.500. The topological polar surface area (TPSA) is 38.8 Å². The molecule has 1 fully saturated rings. The van der Waals surface area contributed by atoms with Gasteiger partial charge in [0.2, 0.25) is 0 Å². The predicted octanol–water partition coefficient (Wildman–Crippen LogP) is 2.78. The molecule has 0 unspecified atom stereocenters. The summed E-state index contributed by atoms with van der Waals surface area (Å²) in [6.45, 7) is 7.60. The minimum Gasteiger partial charge on any atom is -0.458 e. The Morgan fingerprint density at radius 2 is 1.82 bits per heavy atom. The average molecular weight is 234 g/mol. The molecule has 0 aromatic heterocycles. The average Bonchev–Trinajstić information content (AvgIpc) is 2.96. The van der Waals surface area contributed by atoms with E-state index in [2.05, 4.69) is 0 Å². The first-order valence-corrected chi connectivity index (χ1v) is 5.82. The van der Waals surface area contributed by atoms with Crippen LogP contribution in [0.1, 0.15) is 38.0 Å². The third kappa shape index (κ3) is 3.07. The number of ether oxygens (including phenoxy) is 2. The fourth-order valence-electron chi connectivity index (χ4n) is 1.66. The molecule has 1 saturated heterocycles. The van der Waals surface area contributed by atoms with Gasteiger partial charge in [-0.15, -0.1) is 0 Å². The Kier molecular flexibility index (Phi) is 2.96. The first-order chi connectivity index (χ1) is 7.87. The van der Waals surface area contributed by atoms with Crippen LogP contribution in [-0.2, 0) is 14.3 Å². The van der Waals surface area contributed by atoms with Gasteiger partial charge in [-0.3, -0.25) is 0 Å². The molecule has 1 aromatic rings. The van der Waals surface area contributed by atoms with Crippen LogP contribution < -0.4 is 0 Å². The molecule has 1 aliphatic rings. The van der Waals surface area contributed by atoms with Gasteiger partial charge in [-0.05, 0) is 33.3 Å². The molecule has 0 bridgehead atoms. The fourth-order valence-corrected chi connectivity index (χ4v) is 1.66. The van der Waals surface area contributed by atoms with E-state index in [1.807, 2.05) is 52.0 Å². The largest absolute Gasteiger partial charge is 0.458 e. The normalized spacial score (nSPS) is 23.3. The lowest BCUT2D eigenvalue weighted by Gasteiger charge is -2.18. The summed E-state index contributed by atoms with van der Waals surface area (Å²) in [7, 11) is 0. The van der Waals surface area contributed by atoms with Crippen molar-refractivity contribution in [3.8, 4) is 0 Å². The molecule has 0 N–H and O–H groups in total. The highest BCUT2D eigenvalue weighted by Crippen LogP contribution is 2.40. The molecule has 0 amide bonds. The van der Waals surface area contributed by atoms with Crippen molar-refractivity contribution < 1.29 is 14.3 Å². The van der Waals surface area contributed by atoms with Gasteiger partial charge in [0.25, 0.3) is 0 Å². The maximum atomic E-state index is 11.7. The van der Waals surface area contributed by atoms with Crippen LogP contribution in [0.3, 0.4) is 0 Å². The molecule has 1 aliphatic heterocycles. The van der Waals surface area contributed by atoms with Gasteiger partial charge in [0, 0.05) is 0 Å². The van der Waals surface area contributed by atoms with E-state index < -0.39 is 11.7 Å². The zero-order valence-electron chi connectivity index (χ0n) is 10.7. The van der Waals surface area contributed by atoms with E-state index in [9.17, 15) is 4.79 Å². The van der Waals surface area contributed by atoms with Crippen LogP contribution in [0.25, 0.3) is 0 Å². The molecule has 0 aliphatic carbocycles. The summed E-state index contributed by atoms with van der Waals surface area (Å²) in [5.41, 5.74) is 1.77. The van der Waals surface area contributed by atoms with Crippen molar-refractivity contribution in [2.24, 2.45) is 0 Å². The highest BCUT2D eigenvalue weighted by molar-refractivity contribution is 5.78. The number of hydrogen-bond acceptors (Lipinski definition) is 3. The Bertz CT molecular complexity index is 414. The number of esters is 1. The van der Waals surface area contributed by atoms with Crippen LogP contribution in [0, 0.1) is 6.92 Å². The minimum atomic E-state index is -0.457. The number of hydrogen-bond donors (Lipinski definition) is 0. The first-order valence-electron chi connectivity index (χ1n) is 5.82. The highest BCUT2D eigenvalue weighted by atomic mass is 16.6. The van der Waals surface area contributed by atoms with E-state index in [0.29, 0.717) is 0 Å². The van der Waals surface area contributed by atoms with Gasteiger partial charge in [0.05, 0.1) is 0 Å². The maximum absolute atomic E-state index is 11.7. The van der Waals surface area contributed by atoms with Crippen LogP contribution >= 0.6 is 0 Å². The quantitative estimate of drug-likeness (QED) is 0.583. The summed E-state index contributed by atoms with van der Waals surface area (Å²) >= 11 is 0. The Labute approximate surface area is 102 Å². The van der Waals surface area contributed by atoms with Gasteiger partial charge in [-0.1, -0.05) is 29.8 Å². The number of carbonyl (C=O) groups is 1. The van der Waals surface area contributed by atoms with Crippen molar-refractivity contribution in [1.29, 1.82) is 0 Å². The van der Waals surface area contributed by atoms with Crippen molar-refractivity contribution in [1.82, 2.24) is 0 Å². The second-order valence-corrected chi connectivity index (χ2v) is 5.42. The highest BCUT2D eigenvalue weighted by Gasteiger charge is 2.48. The van der Waals surface area contributed by atoms with E-state index in [0.717, 1.165) is 5.56 Å². The number of rotatable bonds is 2. The van der Waals surface area contributed by atoms with E-state index in [1.54, 1.807) is 0 Å².